The number of para-hydroxylation sites is 1. The van der Waals surface area contributed by atoms with Gasteiger partial charge in [0.1, 0.15) is 0 Å². The van der Waals surface area contributed by atoms with Crippen molar-refractivity contribution < 1.29 is 18.3 Å². The first kappa shape index (κ1) is 23.2. The van der Waals surface area contributed by atoms with E-state index in [1.54, 1.807) is 32.2 Å². The molecule has 0 bridgehead atoms. The van der Waals surface area contributed by atoms with Crippen molar-refractivity contribution in [3.05, 3.63) is 23.8 Å². The summed E-state index contributed by atoms with van der Waals surface area (Å²) in [4.78, 5) is 9.00. The lowest BCUT2D eigenvalue weighted by molar-refractivity contribution is -0.0520. The van der Waals surface area contributed by atoms with Crippen LogP contribution in [0.5, 0.6) is 11.5 Å². The van der Waals surface area contributed by atoms with Crippen LogP contribution < -0.4 is 20.1 Å². The van der Waals surface area contributed by atoms with Crippen molar-refractivity contribution in [1.29, 1.82) is 0 Å². The van der Waals surface area contributed by atoms with Gasteiger partial charge in [0.15, 0.2) is 17.5 Å². The summed E-state index contributed by atoms with van der Waals surface area (Å²) in [5.41, 5.74) is 0.578. The number of guanidine groups is 1. The average molecular weight is 414 g/mol. The van der Waals surface area contributed by atoms with Crippen LogP contribution in [0.1, 0.15) is 18.9 Å². The Morgan fingerprint density at radius 3 is 2.76 bits per heavy atom. The van der Waals surface area contributed by atoms with Crippen LogP contribution >= 0.6 is 0 Å². The maximum atomic E-state index is 12.8. The van der Waals surface area contributed by atoms with E-state index in [9.17, 15) is 8.78 Å². The first-order chi connectivity index (χ1) is 14.0. The molecule has 1 aromatic carbocycles. The molecule has 0 atom stereocenters. The molecule has 2 N–H and O–H groups in total. The number of rotatable bonds is 9. The van der Waals surface area contributed by atoms with Gasteiger partial charge in [0.05, 0.1) is 6.61 Å². The highest BCUT2D eigenvalue weighted by molar-refractivity contribution is 5.79. The van der Waals surface area contributed by atoms with E-state index in [2.05, 4.69) is 32.5 Å². The third-order valence-corrected chi connectivity index (χ3v) is 4.77. The summed E-state index contributed by atoms with van der Waals surface area (Å²) < 4.78 is 35.8. The zero-order valence-corrected chi connectivity index (χ0v) is 17.6. The summed E-state index contributed by atoms with van der Waals surface area (Å²) in [5.74, 6) is 0.976. The molecule has 0 radical (unpaired) electrons. The second kappa shape index (κ2) is 12.4. The third-order valence-electron chi connectivity index (χ3n) is 4.77. The number of halogens is 2. The number of likely N-dealkylation sites (N-methyl/N-ethyl adjacent to an activating group) is 1. The van der Waals surface area contributed by atoms with Crippen molar-refractivity contribution in [3.8, 4) is 11.5 Å². The molecule has 0 saturated carbocycles. The van der Waals surface area contributed by atoms with Crippen molar-refractivity contribution in [2.75, 3.05) is 60.0 Å². The van der Waals surface area contributed by atoms with Crippen LogP contribution in [0.3, 0.4) is 0 Å². The molecule has 164 valence electrons. The van der Waals surface area contributed by atoms with E-state index in [4.69, 9.17) is 9.47 Å². The summed E-state index contributed by atoms with van der Waals surface area (Å²) in [6.45, 7) is 5.58. The minimum absolute atomic E-state index is 0.0565. The molecular weight excluding hydrogens is 380 g/mol. The Labute approximate surface area is 172 Å². The minimum atomic E-state index is -2.92. The Morgan fingerprint density at radius 1 is 1.21 bits per heavy atom. The van der Waals surface area contributed by atoms with Gasteiger partial charge in [-0.15, -0.1) is 0 Å². The summed E-state index contributed by atoms with van der Waals surface area (Å²) in [5, 5.41) is 6.44. The van der Waals surface area contributed by atoms with Crippen LogP contribution in [-0.2, 0) is 6.54 Å². The predicted molar refractivity (Wildman–Crippen MR) is 111 cm³/mol. The Bertz CT molecular complexity index is 645. The second-order valence-electron chi connectivity index (χ2n) is 6.91. The Hall–Kier alpha value is -2.13. The summed E-state index contributed by atoms with van der Waals surface area (Å²) >= 11 is 0. The molecule has 0 unspecified atom stereocenters. The lowest BCUT2D eigenvalue weighted by Crippen LogP contribution is -2.42. The van der Waals surface area contributed by atoms with Gasteiger partial charge in [0.2, 0.25) is 0 Å². The molecule has 1 heterocycles. The van der Waals surface area contributed by atoms with Crippen LogP contribution in [0.25, 0.3) is 0 Å². The highest BCUT2D eigenvalue weighted by Gasteiger charge is 2.16. The molecule has 7 nitrogen and oxygen atoms in total. The first-order valence-electron chi connectivity index (χ1n) is 10.1. The number of aliphatic imine (C=N–C) groups is 1. The zero-order chi connectivity index (χ0) is 21.1. The maximum absolute atomic E-state index is 12.8. The van der Waals surface area contributed by atoms with Gasteiger partial charge in [-0.25, -0.2) is 0 Å². The van der Waals surface area contributed by atoms with E-state index < -0.39 is 6.61 Å². The third kappa shape index (κ3) is 8.02. The van der Waals surface area contributed by atoms with Crippen molar-refractivity contribution >= 4 is 5.96 Å². The minimum Gasteiger partial charge on any atom is -0.490 e. The molecule has 1 aromatic rings. The van der Waals surface area contributed by atoms with Gasteiger partial charge in [-0.05, 0) is 39.5 Å². The largest absolute Gasteiger partial charge is 0.490 e. The molecule has 0 aromatic heterocycles. The fraction of sp³-hybridized carbons (Fsp3) is 0.650. The number of nitrogens with one attached hydrogen (secondary N) is 2. The van der Waals surface area contributed by atoms with Crippen LogP contribution in [0.4, 0.5) is 8.78 Å². The van der Waals surface area contributed by atoms with E-state index in [0.717, 1.165) is 39.3 Å². The molecule has 0 aliphatic carbocycles. The van der Waals surface area contributed by atoms with Gasteiger partial charge >= 0.3 is 6.61 Å². The SMILES string of the molecule is CCOc1cccc(CNC(=NC)NCCN2CCCN(C)CC2)c1OC(F)F. The van der Waals surface area contributed by atoms with Crippen molar-refractivity contribution in [2.45, 2.75) is 26.5 Å². The first-order valence-corrected chi connectivity index (χ1v) is 10.1. The zero-order valence-electron chi connectivity index (χ0n) is 17.6. The molecule has 2 rings (SSSR count). The fourth-order valence-electron chi connectivity index (χ4n) is 3.25. The fourth-order valence-corrected chi connectivity index (χ4v) is 3.25. The molecule has 0 spiro atoms. The van der Waals surface area contributed by atoms with Crippen LogP contribution in [0, 0.1) is 0 Å². The van der Waals surface area contributed by atoms with Crippen LogP contribution in [0.15, 0.2) is 23.2 Å². The summed E-state index contributed by atoms with van der Waals surface area (Å²) in [7, 11) is 3.84. The quantitative estimate of drug-likeness (QED) is 0.477. The molecule has 1 aliphatic heterocycles. The molecule has 1 fully saturated rings. The number of alkyl halides is 2. The average Bonchev–Trinajstić information content (AvgIpc) is 2.90. The monoisotopic (exact) mass is 413 g/mol. The van der Waals surface area contributed by atoms with Gasteiger partial charge in [0.25, 0.3) is 0 Å². The topological polar surface area (TPSA) is 61.4 Å². The molecular formula is C20H33F2N5O2. The van der Waals surface area contributed by atoms with E-state index >= 15 is 0 Å². The molecule has 1 aliphatic rings. The highest BCUT2D eigenvalue weighted by atomic mass is 19.3. The predicted octanol–water partition coefficient (Wildman–Crippen LogP) is 1.99. The standard InChI is InChI=1S/C20H33F2N5O2/c1-4-28-17-8-5-7-16(18(17)29-19(21)22)15-25-20(23-2)24-9-12-27-11-6-10-26(3)13-14-27/h5,7-8,19H,4,6,9-15H2,1-3H3,(H2,23,24,25). The van der Waals surface area contributed by atoms with Crippen molar-refractivity contribution in [2.24, 2.45) is 4.99 Å². The number of benzene rings is 1. The molecule has 1 saturated heterocycles. The van der Waals surface area contributed by atoms with Crippen LogP contribution in [-0.4, -0.2) is 82.3 Å². The molecule has 29 heavy (non-hydrogen) atoms. The molecule has 0 amide bonds. The molecule has 9 heteroatoms. The number of hydrogen-bond acceptors (Lipinski definition) is 5. The number of nitrogens with zero attached hydrogens (tertiary/aromatic N) is 3. The van der Waals surface area contributed by atoms with Gasteiger partial charge in [-0.1, -0.05) is 12.1 Å². The van der Waals surface area contributed by atoms with E-state index in [1.807, 2.05) is 0 Å². The summed E-state index contributed by atoms with van der Waals surface area (Å²) in [6.07, 6.45) is 1.17. The normalized spacial score (nSPS) is 16.6. The second-order valence-corrected chi connectivity index (χ2v) is 6.91. The summed E-state index contributed by atoms with van der Waals surface area (Å²) in [6, 6.07) is 5.11. The van der Waals surface area contributed by atoms with E-state index in [-0.39, 0.29) is 12.3 Å². The van der Waals surface area contributed by atoms with Gasteiger partial charge in [-0.3, -0.25) is 4.99 Å². The Morgan fingerprint density at radius 2 is 2.03 bits per heavy atom. The Balaban J connectivity index is 1.87. The van der Waals surface area contributed by atoms with Crippen LogP contribution in [0.2, 0.25) is 0 Å². The lowest BCUT2D eigenvalue weighted by Gasteiger charge is -2.21. The smallest absolute Gasteiger partial charge is 0.387 e. The number of ether oxygens (including phenoxy) is 2. The van der Waals surface area contributed by atoms with E-state index in [1.165, 1.54) is 6.42 Å². The van der Waals surface area contributed by atoms with Gasteiger partial charge < -0.3 is 29.9 Å². The number of hydrogen-bond donors (Lipinski definition) is 2. The lowest BCUT2D eigenvalue weighted by atomic mass is 10.2. The Kier molecular flexibility index (Phi) is 9.93. The van der Waals surface area contributed by atoms with Gasteiger partial charge in [0, 0.05) is 45.3 Å². The maximum Gasteiger partial charge on any atom is 0.387 e. The highest BCUT2D eigenvalue weighted by Crippen LogP contribution is 2.32. The van der Waals surface area contributed by atoms with Crippen molar-refractivity contribution in [3.63, 3.8) is 0 Å². The van der Waals surface area contributed by atoms with Gasteiger partial charge in [-0.2, -0.15) is 8.78 Å². The van der Waals surface area contributed by atoms with E-state index in [0.29, 0.717) is 23.9 Å². The van der Waals surface area contributed by atoms with Crippen molar-refractivity contribution in [1.82, 2.24) is 20.4 Å².